The Balaban J connectivity index is 1.92. The molecule has 0 spiro atoms. The molecule has 5 heteroatoms. The summed E-state index contributed by atoms with van der Waals surface area (Å²) in [6.07, 6.45) is 1.74. The molecule has 19 heavy (non-hydrogen) atoms. The van der Waals surface area contributed by atoms with E-state index in [1.807, 2.05) is 50.2 Å². The minimum atomic E-state index is 0.692. The normalized spacial score (nSPS) is 10.9. The number of aryl methyl sites for hydroxylation is 1. The molecular weight excluding hydrogens is 242 g/mol. The minimum Gasteiger partial charge on any atom is -0.460 e. The third-order valence-electron chi connectivity index (χ3n) is 2.85. The van der Waals surface area contributed by atoms with Gasteiger partial charge in [-0.15, -0.1) is 0 Å². The molecule has 98 valence electrons. The molecule has 1 N–H and O–H groups in total. The third kappa shape index (κ3) is 2.14. The van der Waals surface area contributed by atoms with Gasteiger partial charge in [0.15, 0.2) is 23.2 Å². The molecule has 0 fully saturated rings. The van der Waals surface area contributed by atoms with Crippen LogP contribution in [0.1, 0.15) is 5.76 Å². The molecule has 0 aliphatic carbocycles. The monoisotopic (exact) mass is 257 g/mol. The number of aromatic amines is 1. The van der Waals surface area contributed by atoms with Gasteiger partial charge in [-0.1, -0.05) is 0 Å². The number of furan rings is 2. The molecule has 0 aromatic carbocycles. The molecule has 0 bridgehead atoms. The Kier molecular flexibility index (Phi) is 2.67. The standard InChI is InChI=1S/C14H15N3O2/c1-9-4-5-11(18-9)10-8-15-14(16-10)12-6-7-13(19-12)17(2)3/h4-8H,1-3H3,(H,15,16). The summed E-state index contributed by atoms with van der Waals surface area (Å²) >= 11 is 0. The first-order valence-corrected chi connectivity index (χ1v) is 6.03. The van der Waals surface area contributed by atoms with Crippen LogP contribution in [0.3, 0.4) is 0 Å². The zero-order chi connectivity index (χ0) is 13.4. The van der Waals surface area contributed by atoms with E-state index >= 15 is 0 Å². The number of anilines is 1. The maximum atomic E-state index is 5.69. The second kappa shape index (κ2) is 4.35. The van der Waals surface area contributed by atoms with Gasteiger partial charge in [0.05, 0.1) is 6.20 Å². The second-order valence-electron chi connectivity index (χ2n) is 4.59. The number of H-pyrrole nitrogens is 1. The van der Waals surface area contributed by atoms with Crippen molar-refractivity contribution in [2.24, 2.45) is 0 Å². The van der Waals surface area contributed by atoms with Gasteiger partial charge in [0.25, 0.3) is 0 Å². The Morgan fingerprint density at radius 1 is 1.05 bits per heavy atom. The molecule has 3 aromatic rings. The first-order chi connectivity index (χ1) is 9.13. The predicted molar refractivity (Wildman–Crippen MR) is 73.1 cm³/mol. The average molecular weight is 257 g/mol. The first kappa shape index (κ1) is 11.6. The number of nitrogens with zero attached hydrogens (tertiary/aromatic N) is 2. The first-order valence-electron chi connectivity index (χ1n) is 6.03. The Morgan fingerprint density at radius 2 is 1.84 bits per heavy atom. The molecule has 0 saturated carbocycles. The van der Waals surface area contributed by atoms with Crippen molar-refractivity contribution in [3.8, 4) is 23.0 Å². The summed E-state index contributed by atoms with van der Waals surface area (Å²) in [6.45, 7) is 1.91. The number of hydrogen-bond acceptors (Lipinski definition) is 4. The molecule has 3 heterocycles. The molecule has 0 unspecified atom stereocenters. The molecule has 5 nitrogen and oxygen atoms in total. The van der Waals surface area contributed by atoms with Gasteiger partial charge in [-0.2, -0.15) is 0 Å². The summed E-state index contributed by atoms with van der Waals surface area (Å²) in [4.78, 5) is 9.42. The van der Waals surface area contributed by atoms with Crippen molar-refractivity contribution in [1.29, 1.82) is 0 Å². The Hall–Kier alpha value is -2.43. The minimum absolute atomic E-state index is 0.692. The van der Waals surface area contributed by atoms with E-state index in [0.29, 0.717) is 11.6 Å². The Morgan fingerprint density at radius 3 is 2.47 bits per heavy atom. The number of rotatable bonds is 3. The largest absolute Gasteiger partial charge is 0.460 e. The van der Waals surface area contributed by atoms with Crippen LogP contribution < -0.4 is 4.90 Å². The predicted octanol–water partition coefficient (Wildman–Crippen LogP) is 3.30. The molecule has 0 amide bonds. The van der Waals surface area contributed by atoms with Crippen molar-refractivity contribution in [2.45, 2.75) is 6.92 Å². The van der Waals surface area contributed by atoms with Crippen LogP contribution in [-0.2, 0) is 0 Å². The Labute approximate surface area is 110 Å². The summed E-state index contributed by atoms with van der Waals surface area (Å²) in [5.41, 5.74) is 0.839. The van der Waals surface area contributed by atoms with E-state index in [4.69, 9.17) is 8.83 Å². The van der Waals surface area contributed by atoms with E-state index in [-0.39, 0.29) is 0 Å². The molecule has 3 aromatic heterocycles. The van der Waals surface area contributed by atoms with E-state index in [2.05, 4.69) is 9.97 Å². The molecular formula is C14H15N3O2. The molecule has 0 saturated heterocycles. The Bertz CT molecular complexity index is 691. The van der Waals surface area contributed by atoms with E-state index < -0.39 is 0 Å². The van der Waals surface area contributed by atoms with Crippen molar-refractivity contribution in [2.75, 3.05) is 19.0 Å². The maximum Gasteiger partial charge on any atom is 0.195 e. The summed E-state index contributed by atoms with van der Waals surface area (Å²) in [7, 11) is 3.86. The average Bonchev–Trinajstić information content (AvgIpc) is 3.07. The van der Waals surface area contributed by atoms with E-state index in [1.165, 1.54) is 0 Å². The lowest BCUT2D eigenvalue weighted by Crippen LogP contribution is -2.06. The van der Waals surface area contributed by atoms with Crippen LogP contribution in [0.25, 0.3) is 23.0 Å². The number of hydrogen-bond donors (Lipinski definition) is 1. The van der Waals surface area contributed by atoms with E-state index in [0.717, 1.165) is 23.1 Å². The van der Waals surface area contributed by atoms with Crippen molar-refractivity contribution in [3.63, 3.8) is 0 Å². The van der Waals surface area contributed by atoms with Gasteiger partial charge >= 0.3 is 0 Å². The van der Waals surface area contributed by atoms with Crippen molar-refractivity contribution < 1.29 is 8.83 Å². The summed E-state index contributed by atoms with van der Waals surface area (Å²) in [6, 6.07) is 7.65. The summed E-state index contributed by atoms with van der Waals surface area (Å²) < 4.78 is 11.2. The van der Waals surface area contributed by atoms with Gasteiger partial charge < -0.3 is 18.7 Å². The van der Waals surface area contributed by atoms with Crippen molar-refractivity contribution >= 4 is 5.88 Å². The maximum absolute atomic E-state index is 5.69. The van der Waals surface area contributed by atoms with E-state index in [9.17, 15) is 0 Å². The van der Waals surface area contributed by atoms with Crippen LogP contribution in [0.15, 0.2) is 39.3 Å². The molecule has 0 radical (unpaired) electrons. The lowest BCUT2D eigenvalue weighted by molar-refractivity contribution is 0.546. The quantitative estimate of drug-likeness (QED) is 0.782. The van der Waals surface area contributed by atoms with Crippen LogP contribution in [0, 0.1) is 6.92 Å². The molecule has 0 atom stereocenters. The van der Waals surface area contributed by atoms with Gasteiger partial charge in [0.1, 0.15) is 11.5 Å². The van der Waals surface area contributed by atoms with Crippen LogP contribution in [0.4, 0.5) is 5.88 Å². The van der Waals surface area contributed by atoms with Crippen LogP contribution in [0.5, 0.6) is 0 Å². The van der Waals surface area contributed by atoms with Crippen LogP contribution >= 0.6 is 0 Å². The molecule has 0 aliphatic heterocycles. The summed E-state index contributed by atoms with van der Waals surface area (Å²) in [5, 5.41) is 0. The fourth-order valence-electron chi connectivity index (χ4n) is 1.85. The lowest BCUT2D eigenvalue weighted by Gasteiger charge is -2.05. The van der Waals surface area contributed by atoms with Gasteiger partial charge in [0.2, 0.25) is 0 Å². The second-order valence-corrected chi connectivity index (χ2v) is 4.59. The van der Waals surface area contributed by atoms with Crippen LogP contribution in [-0.4, -0.2) is 24.1 Å². The number of aromatic nitrogens is 2. The fraction of sp³-hybridized carbons (Fsp3) is 0.214. The van der Waals surface area contributed by atoms with Crippen LogP contribution in [0.2, 0.25) is 0 Å². The molecule has 3 rings (SSSR count). The lowest BCUT2D eigenvalue weighted by atomic mass is 10.3. The smallest absolute Gasteiger partial charge is 0.195 e. The highest BCUT2D eigenvalue weighted by Gasteiger charge is 2.12. The van der Waals surface area contributed by atoms with Gasteiger partial charge in [-0.25, -0.2) is 4.98 Å². The van der Waals surface area contributed by atoms with Gasteiger partial charge in [-0.3, -0.25) is 0 Å². The van der Waals surface area contributed by atoms with Crippen molar-refractivity contribution in [1.82, 2.24) is 9.97 Å². The highest BCUT2D eigenvalue weighted by atomic mass is 16.4. The highest BCUT2D eigenvalue weighted by molar-refractivity contribution is 5.59. The molecule has 0 aliphatic rings. The SMILES string of the molecule is Cc1ccc(-c2cnc(-c3ccc(N(C)C)o3)[nH]2)o1. The third-order valence-corrected chi connectivity index (χ3v) is 2.85. The number of nitrogens with one attached hydrogen (secondary N) is 1. The topological polar surface area (TPSA) is 58.2 Å². The zero-order valence-corrected chi connectivity index (χ0v) is 11.1. The fourth-order valence-corrected chi connectivity index (χ4v) is 1.85. The van der Waals surface area contributed by atoms with E-state index in [1.54, 1.807) is 6.20 Å². The zero-order valence-electron chi connectivity index (χ0n) is 11.1. The number of imidazole rings is 1. The van der Waals surface area contributed by atoms with Crippen molar-refractivity contribution in [3.05, 3.63) is 36.2 Å². The summed E-state index contributed by atoms with van der Waals surface area (Å²) in [5.74, 6) is 3.84. The van der Waals surface area contributed by atoms with Gasteiger partial charge in [0, 0.05) is 20.2 Å². The highest BCUT2D eigenvalue weighted by Crippen LogP contribution is 2.27. The van der Waals surface area contributed by atoms with Gasteiger partial charge in [-0.05, 0) is 25.1 Å².